The van der Waals surface area contributed by atoms with Crippen molar-refractivity contribution in [3.05, 3.63) is 0 Å². The van der Waals surface area contributed by atoms with Gasteiger partial charge in [-0.1, -0.05) is 38.5 Å². The molecule has 22 heavy (non-hydrogen) atoms. The summed E-state index contributed by atoms with van der Waals surface area (Å²) in [4.78, 5) is 38.3. The number of hydrogen-bond donors (Lipinski definition) is 1. The van der Waals surface area contributed by atoms with E-state index in [0.717, 1.165) is 57.4 Å². The molecular weight excluding hydrogens is 282 g/mol. The first-order valence-electron chi connectivity index (χ1n) is 7.97. The van der Waals surface area contributed by atoms with Crippen molar-refractivity contribution in [1.82, 2.24) is 0 Å². The summed E-state index contributed by atoms with van der Waals surface area (Å²) in [6.45, 7) is 0. The lowest BCUT2D eigenvalue weighted by Crippen LogP contribution is -2.43. The largest absolute Gasteiger partial charge is 0.237 e. The van der Waals surface area contributed by atoms with Crippen molar-refractivity contribution in [1.29, 1.82) is 5.41 Å². The van der Waals surface area contributed by atoms with Crippen molar-refractivity contribution >= 4 is 18.2 Å². The third-order valence-corrected chi connectivity index (χ3v) is 4.86. The van der Waals surface area contributed by atoms with Crippen molar-refractivity contribution in [2.24, 2.45) is 21.8 Å². The maximum absolute atomic E-state index is 10.9. The molecule has 0 heterocycles. The van der Waals surface area contributed by atoms with E-state index in [2.05, 4.69) is 9.98 Å². The second-order valence-corrected chi connectivity index (χ2v) is 5.96. The van der Waals surface area contributed by atoms with Crippen LogP contribution in [0.2, 0.25) is 0 Å². The smallest absolute Gasteiger partial charge is 0.222 e. The number of nitrogens with zero attached hydrogens (tertiary/aromatic N) is 2. The van der Waals surface area contributed by atoms with Gasteiger partial charge in [0.15, 0.2) is 5.66 Å². The third kappa shape index (κ3) is 4.57. The summed E-state index contributed by atoms with van der Waals surface area (Å²) >= 11 is 0. The molecule has 2 aliphatic carbocycles. The molecule has 0 aromatic rings. The topological polar surface area (TPSA) is 99.8 Å². The summed E-state index contributed by atoms with van der Waals surface area (Å²) in [5, 5.41) is 5.40. The normalized spacial score (nSPS) is 19.6. The van der Waals surface area contributed by atoms with Crippen LogP contribution in [0.5, 0.6) is 0 Å². The van der Waals surface area contributed by atoms with E-state index in [1.807, 2.05) is 0 Å². The molecule has 0 saturated heterocycles. The Bertz CT molecular complexity index is 423. The number of nitrogens with one attached hydrogen (secondary N) is 1. The predicted octanol–water partition coefficient (Wildman–Crippen LogP) is 3.42. The lowest BCUT2D eigenvalue weighted by atomic mass is 9.69. The van der Waals surface area contributed by atoms with E-state index in [1.165, 1.54) is 12.8 Å². The Kier molecular flexibility index (Phi) is 8.24. The van der Waals surface area contributed by atoms with Gasteiger partial charge in [0.05, 0.1) is 0 Å². The fourth-order valence-electron chi connectivity index (χ4n) is 3.92. The lowest BCUT2D eigenvalue weighted by molar-refractivity contribution is 0.115. The van der Waals surface area contributed by atoms with Gasteiger partial charge < -0.3 is 0 Å². The zero-order valence-electron chi connectivity index (χ0n) is 12.8. The van der Waals surface area contributed by atoms with E-state index < -0.39 is 5.66 Å². The van der Waals surface area contributed by atoms with Crippen LogP contribution in [0.3, 0.4) is 0 Å². The molecule has 6 heteroatoms. The van der Waals surface area contributed by atoms with Crippen molar-refractivity contribution in [3.8, 4) is 0 Å². The first-order chi connectivity index (χ1) is 10.7. The Balaban J connectivity index is 0.000000745. The van der Waals surface area contributed by atoms with Crippen LogP contribution in [0.4, 0.5) is 0 Å². The highest BCUT2D eigenvalue weighted by molar-refractivity contribution is 5.40. The number of hydrogen-bond acceptors (Lipinski definition) is 6. The van der Waals surface area contributed by atoms with E-state index in [4.69, 9.17) is 10.2 Å². The molecule has 0 bridgehead atoms. The first kappa shape index (κ1) is 18.2. The predicted molar refractivity (Wildman–Crippen MR) is 80.5 cm³/mol. The molecule has 120 valence electrons. The summed E-state index contributed by atoms with van der Waals surface area (Å²) in [6, 6.07) is 0. The van der Waals surface area contributed by atoms with Gasteiger partial charge in [0.25, 0.3) is 0 Å². The molecule has 0 unspecified atom stereocenters. The summed E-state index contributed by atoms with van der Waals surface area (Å²) in [5.74, 6) is 0.430. The maximum atomic E-state index is 10.9. The van der Waals surface area contributed by atoms with Crippen molar-refractivity contribution in [2.45, 2.75) is 69.9 Å². The summed E-state index contributed by atoms with van der Waals surface area (Å²) in [7, 11) is 0. The zero-order chi connectivity index (χ0) is 16.3. The number of rotatable bonds is 4. The van der Waals surface area contributed by atoms with E-state index in [0.29, 0.717) is 0 Å². The second kappa shape index (κ2) is 9.97. The Labute approximate surface area is 130 Å². The minimum Gasteiger partial charge on any atom is -0.222 e. The molecule has 6 nitrogen and oxygen atoms in total. The van der Waals surface area contributed by atoms with Gasteiger partial charge in [0.2, 0.25) is 18.2 Å². The zero-order valence-corrected chi connectivity index (χ0v) is 12.8. The van der Waals surface area contributed by atoms with Gasteiger partial charge in [-0.15, -0.1) is 0 Å². The Hall–Kier alpha value is -1.86. The van der Waals surface area contributed by atoms with E-state index in [9.17, 15) is 9.59 Å². The molecule has 0 aromatic carbocycles. The molecule has 0 aliphatic heterocycles. The molecule has 2 saturated carbocycles. The van der Waals surface area contributed by atoms with E-state index in [1.54, 1.807) is 12.2 Å². The van der Waals surface area contributed by atoms with Gasteiger partial charge in [0.1, 0.15) is 0 Å². The van der Waals surface area contributed by atoms with E-state index >= 15 is 0 Å². The highest BCUT2D eigenvalue weighted by Crippen LogP contribution is 2.45. The van der Waals surface area contributed by atoms with Crippen LogP contribution in [0.15, 0.2) is 9.98 Å². The minimum absolute atomic E-state index is 0.215. The van der Waals surface area contributed by atoms with Crippen molar-refractivity contribution in [2.75, 3.05) is 0 Å². The highest BCUT2D eigenvalue weighted by Gasteiger charge is 2.46. The van der Waals surface area contributed by atoms with Crippen LogP contribution >= 0.6 is 0 Å². The molecule has 2 aliphatic rings. The fourth-order valence-corrected chi connectivity index (χ4v) is 3.92. The summed E-state index contributed by atoms with van der Waals surface area (Å²) < 4.78 is 0. The van der Waals surface area contributed by atoms with Crippen LogP contribution < -0.4 is 0 Å². The molecule has 2 fully saturated rings. The number of carbonyl (C=O) groups excluding carboxylic acids is 3. The highest BCUT2D eigenvalue weighted by atomic mass is 16.1. The first-order valence-corrected chi connectivity index (χ1v) is 7.97. The average molecular weight is 305 g/mol. The van der Waals surface area contributed by atoms with Crippen LogP contribution in [0.25, 0.3) is 0 Å². The Morgan fingerprint density at radius 3 is 1.32 bits per heavy atom. The molecule has 0 aromatic heterocycles. The number of aliphatic imine (C=N–C) groups is 2. The van der Waals surface area contributed by atoms with Crippen LogP contribution in [-0.2, 0) is 14.4 Å². The molecule has 0 radical (unpaired) electrons. The standard InChI is InChI=1S/C15H22N2O2.CHNO/c18-11-16-15(17-12-19,13-7-3-1-4-8-13)14-9-5-2-6-10-14;2-1-3/h13-14H,1-10H2;2H. The third-order valence-electron chi connectivity index (χ3n) is 4.86. The van der Waals surface area contributed by atoms with Gasteiger partial charge in [-0.25, -0.2) is 19.8 Å². The maximum Gasteiger partial charge on any atom is 0.237 e. The average Bonchev–Trinajstić information content (AvgIpc) is 2.57. The van der Waals surface area contributed by atoms with Gasteiger partial charge in [-0.3, -0.25) is 0 Å². The SMILES string of the molecule is N=C=O.O=C=NC(N=C=O)(C1CCCCC1)C1CCCCC1. The second-order valence-electron chi connectivity index (χ2n) is 5.96. The molecule has 0 atom stereocenters. The fraction of sp³-hybridized carbons (Fsp3) is 0.812. The van der Waals surface area contributed by atoms with Gasteiger partial charge in [-0.05, 0) is 25.7 Å². The van der Waals surface area contributed by atoms with Gasteiger partial charge in [-0.2, -0.15) is 9.98 Å². The monoisotopic (exact) mass is 305 g/mol. The molecule has 2 rings (SSSR count). The molecule has 0 amide bonds. The van der Waals surface area contributed by atoms with Crippen molar-refractivity contribution < 1.29 is 14.4 Å². The Morgan fingerprint density at radius 1 is 0.727 bits per heavy atom. The van der Waals surface area contributed by atoms with E-state index in [-0.39, 0.29) is 11.8 Å². The Morgan fingerprint density at radius 2 is 1.05 bits per heavy atom. The van der Waals surface area contributed by atoms with Crippen LogP contribution in [0.1, 0.15) is 64.2 Å². The lowest BCUT2D eigenvalue weighted by Gasteiger charge is -2.41. The molecule has 1 N–H and O–H groups in total. The summed E-state index contributed by atoms with van der Waals surface area (Å²) in [6.07, 6.45) is 15.2. The van der Waals surface area contributed by atoms with Gasteiger partial charge in [0, 0.05) is 11.8 Å². The van der Waals surface area contributed by atoms with Crippen molar-refractivity contribution in [3.63, 3.8) is 0 Å². The van der Waals surface area contributed by atoms with Gasteiger partial charge >= 0.3 is 0 Å². The quantitative estimate of drug-likeness (QED) is 0.636. The molecule has 0 spiro atoms. The van der Waals surface area contributed by atoms with Crippen LogP contribution in [-0.4, -0.2) is 23.9 Å². The van der Waals surface area contributed by atoms with Crippen LogP contribution in [0, 0.1) is 17.2 Å². The minimum atomic E-state index is -0.857. The number of isocyanates is 3. The molecular formula is C16H23N3O3. The summed E-state index contributed by atoms with van der Waals surface area (Å²) in [5.41, 5.74) is -0.857.